The SMILES string of the molecule is Cc1nc2c(ncn2[C@@]23C[C@H]2[C@@H]2COP(=O)(O)O[C@H]4[C@@H](F)[C@H](n5cnc6c(N)ncnc65)O[C@@H]4COP(=O)(O)O[C@H]2[C@H]3O)c(=O)[nH]1. The summed E-state index contributed by atoms with van der Waals surface area (Å²) in [6, 6.07) is 0. The Hall–Kier alpha value is -3.23. The van der Waals surface area contributed by atoms with Crippen molar-refractivity contribution in [3.63, 3.8) is 0 Å². The van der Waals surface area contributed by atoms with Crippen LogP contribution in [0.25, 0.3) is 22.3 Å². The van der Waals surface area contributed by atoms with E-state index in [4.69, 9.17) is 28.6 Å². The van der Waals surface area contributed by atoms with Crippen LogP contribution in [0.2, 0.25) is 0 Å². The van der Waals surface area contributed by atoms with E-state index >= 15 is 4.39 Å². The number of hydrogen-bond donors (Lipinski definition) is 5. The molecule has 2 aliphatic heterocycles. The molecule has 4 aromatic rings. The van der Waals surface area contributed by atoms with Gasteiger partial charge in [-0.15, -0.1) is 0 Å². The number of phosphoric acid groups is 2. The number of anilines is 1. The van der Waals surface area contributed by atoms with E-state index in [1.165, 1.54) is 21.8 Å². The van der Waals surface area contributed by atoms with Crippen LogP contribution in [0.5, 0.6) is 0 Å². The Balaban J connectivity index is 1.10. The molecule has 0 bridgehead atoms. The minimum Gasteiger partial charge on any atom is -0.388 e. The van der Waals surface area contributed by atoms with Crippen molar-refractivity contribution >= 4 is 43.8 Å². The molecule has 11 atom stereocenters. The van der Waals surface area contributed by atoms with E-state index < -0.39 is 88.6 Å². The number of alkyl halides is 1. The number of fused-ring (bicyclic) bond motifs is 6. The Kier molecular flexibility index (Phi) is 6.64. The third kappa shape index (κ3) is 4.50. The average Bonchev–Trinajstić information content (AvgIpc) is 3.25. The predicted molar refractivity (Wildman–Crippen MR) is 148 cm³/mol. The summed E-state index contributed by atoms with van der Waals surface area (Å²) >= 11 is 0. The molecule has 4 aliphatic rings. The monoisotopic (exact) mass is 685 g/mol. The van der Waals surface area contributed by atoms with Gasteiger partial charge in [-0.05, 0) is 19.3 Å². The Labute approximate surface area is 255 Å². The number of nitrogens with two attached hydrogens (primary N) is 1. The van der Waals surface area contributed by atoms with Crippen molar-refractivity contribution < 1.29 is 51.2 Å². The fourth-order valence-corrected chi connectivity index (χ4v) is 8.90. The van der Waals surface area contributed by atoms with Gasteiger partial charge in [0.05, 0.1) is 31.4 Å². The number of nitrogens with one attached hydrogen (secondary N) is 1. The van der Waals surface area contributed by atoms with Crippen LogP contribution in [-0.2, 0) is 37.5 Å². The normalized spacial score (nSPS) is 41.1. The molecule has 23 heteroatoms. The summed E-state index contributed by atoms with van der Waals surface area (Å²) in [5.74, 6) is -1.21. The third-order valence-electron chi connectivity index (χ3n) is 9.04. The summed E-state index contributed by atoms with van der Waals surface area (Å²) in [6.45, 7) is 0.125. The van der Waals surface area contributed by atoms with E-state index in [2.05, 4.69) is 29.9 Å². The molecule has 2 saturated carbocycles. The number of H-pyrrole nitrogens is 1. The maximum atomic E-state index is 16.0. The van der Waals surface area contributed by atoms with E-state index in [1.807, 2.05) is 0 Å². The van der Waals surface area contributed by atoms with Crippen molar-refractivity contribution in [2.24, 2.45) is 11.8 Å². The van der Waals surface area contributed by atoms with Crippen molar-refractivity contribution in [1.29, 1.82) is 0 Å². The maximum Gasteiger partial charge on any atom is 0.472 e. The van der Waals surface area contributed by atoms with Crippen LogP contribution in [0, 0.1) is 18.8 Å². The summed E-state index contributed by atoms with van der Waals surface area (Å²) in [5, 5.41) is 11.6. The number of nitrogens with zero attached hydrogens (tertiary/aromatic N) is 7. The molecule has 4 aromatic heterocycles. The lowest BCUT2D eigenvalue weighted by Crippen LogP contribution is -2.41. The summed E-state index contributed by atoms with van der Waals surface area (Å²) < 4.78 is 72.0. The van der Waals surface area contributed by atoms with Gasteiger partial charge in [-0.3, -0.25) is 27.5 Å². The number of rotatable bonds is 2. The number of aryl methyl sites for hydroxylation is 1. The number of aliphatic hydroxyl groups is 1. The van der Waals surface area contributed by atoms with Crippen molar-refractivity contribution in [3.8, 4) is 0 Å². The summed E-state index contributed by atoms with van der Waals surface area (Å²) in [4.78, 5) is 56.9. The number of ether oxygens (including phenoxy) is 1. The molecule has 0 spiro atoms. The van der Waals surface area contributed by atoms with Gasteiger partial charge in [0.15, 0.2) is 35.0 Å². The second kappa shape index (κ2) is 10.1. The average molecular weight is 685 g/mol. The number of hydrogen-bond acceptors (Lipinski definition) is 15. The second-order valence-electron chi connectivity index (χ2n) is 11.6. The Morgan fingerprint density at radius 2 is 1.76 bits per heavy atom. The Morgan fingerprint density at radius 3 is 2.54 bits per heavy atom. The molecule has 46 heavy (non-hydrogen) atoms. The van der Waals surface area contributed by atoms with Gasteiger partial charge < -0.3 is 34.9 Å². The first-order valence-corrected chi connectivity index (χ1v) is 17.0. The molecule has 2 aliphatic carbocycles. The lowest BCUT2D eigenvalue weighted by molar-refractivity contribution is -0.0645. The first-order chi connectivity index (χ1) is 21.8. The maximum absolute atomic E-state index is 16.0. The third-order valence-corrected chi connectivity index (χ3v) is 11.0. The summed E-state index contributed by atoms with van der Waals surface area (Å²) in [7, 11) is -10.0. The Morgan fingerprint density at radius 1 is 1.04 bits per heavy atom. The minimum atomic E-state index is -5.04. The van der Waals surface area contributed by atoms with Crippen LogP contribution in [0.15, 0.2) is 23.8 Å². The zero-order chi connectivity index (χ0) is 32.3. The van der Waals surface area contributed by atoms with Gasteiger partial charge in [-0.1, -0.05) is 0 Å². The standard InChI is InChI=1S/C23H26FN9O11P2/c1-8-30-20-14(21(35)31-8)29-7-33(20)23-2-10(23)9-3-40-45(36,37)44-16-11(4-41-46(38,39)43-15(9)17(23)34)42-22(12(16)24)32-6-28-13-18(25)26-5-27-19(13)32/h5-7,9-12,15-17,22,34H,2-4H2,1H3,(H,36,37)(H,38,39)(H2,25,26,27)(H,30,31,35)/t9-,10-,11+,12+,15+,16+,17+,22+,23-/m0/s1. The molecule has 2 unspecified atom stereocenters. The van der Waals surface area contributed by atoms with E-state index in [9.17, 15) is 28.8 Å². The second-order valence-corrected chi connectivity index (χ2v) is 14.4. The lowest BCUT2D eigenvalue weighted by Gasteiger charge is -2.31. The first kappa shape index (κ1) is 30.1. The molecule has 246 valence electrons. The quantitative estimate of drug-likeness (QED) is 0.171. The van der Waals surface area contributed by atoms with E-state index in [-0.39, 0.29) is 40.4 Å². The highest BCUT2D eigenvalue weighted by Gasteiger charge is 2.74. The first-order valence-electron chi connectivity index (χ1n) is 14.0. The van der Waals surface area contributed by atoms with Gasteiger partial charge in [0.25, 0.3) is 5.56 Å². The number of aromatic amines is 1. The van der Waals surface area contributed by atoms with Crippen LogP contribution in [0.3, 0.4) is 0 Å². The van der Waals surface area contributed by atoms with Crippen LogP contribution in [0.1, 0.15) is 18.5 Å². The number of imidazole rings is 2. The largest absolute Gasteiger partial charge is 0.472 e. The smallest absolute Gasteiger partial charge is 0.388 e. The van der Waals surface area contributed by atoms with Gasteiger partial charge in [-0.25, -0.2) is 38.4 Å². The van der Waals surface area contributed by atoms with Crippen LogP contribution >= 0.6 is 15.6 Å². The number of halogens is 1. The molecule has 0 radical (unpaired) electrons. The van der Waals surface area contributed by atoms with Crippen LogP contribution < -0.4 is 11.3 Å². The minimum absolute atomic E-state index is 0.00975. The zero-order valence-corrected chi connectivity index (χ0v) is 25.3. The van der Waals surface area contributed by atoms with Gasteiger partial charge in [0.1, 0.15) is 42.1 Å². The molecule has 2 saturated heterocycles. The van der Waals surface area contributed by atoms with Crippen LogP contribution in [-0.4, -0.2) is 97.7 Å². The van der Waals surface area contributed by atoms with Gasteiger partial charge in [-0.2, -0.15) is 0 Å². The van der Waals surface area contributed by atoms with E-state index in [0.29, 0.717) is 0 Å². The molecule has 6 heterocycles. The number of aromatic nitrogens is 8. The fraction of sp³-hybridized carbons (Fsp3) is 0.565. The number of phosphoric ester groups is 2. The van der Waals surface area contributed by atoms with Gasteiger partial charge >= 0.3 is 15.6 Å². The molecular weight excluding hydrogens is 659 g/mol. The molecule has 8 rings (SSSR count). The highest BCUT2D eigenvalue weighted by molar-refractivity contribution is 7.47. The highest BCUT2D eigenvalue weighted by Crippen LogP contribution is 2.68. The lowest BCUT2D eigenvalue weighted by atomic mass is 10.0. The number of aliphatic hydroxyl groups excluding tert-OH is 1. The van der Waals surface area contributed by atoms with Crippen LogP contribution in [0.4, 0.5) is 10.2 Å². The van der Waals surface area contributed by atoms with Gasteiger partial charge in [0, 0.05) is 5.92 Å². The van der Waals surface area contributed by atoms with Gasteiger partial charge in [0.2, 0.25) is 0 Å². The molecule has 0 amide bonds. The summed E-state index contributed by atoms with van der Waals surface area (Å²) in [5.41, 5.74) is 4.52. The fourth-order valence-electron chi connectivity index (χ4n) is 6.94. The molecule has 0 aromatic carbocycles. The van der Waals surface area contributed by atoms with Crippen molar-refractivity contribution in [1.82, 2.24) is 39.0 Å². The highest BCUT2D eigenvalue weighted by atomic mass is 31.2. The van der Waals surface area contributed by atoms with Crippen molar-refractivity contribution in [2.75, 3.05) is 18.9 Å². The molecule has 6 N–H and O–H groups in total. The molecular formula is C23H26FN9O11P2. The van der Waals surface area contributed by atoms with E-state index in [1.54, 1.807) is 6.92 Å². The predicted octanol–water partition coefficient (Wildman–Crippen LogP) is -0.190. The zero-order valence-electron chi connectivity index (χ0n) is 23.6. The van der Waals surface area contributed by atoms with Crippen molar-refractivity contribution in [3.05, 3.63) is 35.2 Å². The van der Waals surface area contributed by atoms with E-state index in [0.717, 1.165) is 6.33 Å². The van der Waals surface area contributed by atoms with Crippen molar-refractivity contribution in [2.45, 2.75) is 55.7 Å². The number of nitrogen functional groups attached to an aromatic ring is 1. The topological polar surface area (TPSA) is 274 Å². The molecule has 20 nitrogen and oxygen atoms in total. The molecule has 4 fully saturated rings. The Bertz CT molecular complexity index is 2040. The summed E-state index contributed by atoms with van der Waals surface area (Å²) in [6.07, 6.45) is -6.13.